The van der Waals surface area contributed by atoms with Crippen molar-refractivity contribution in [2.75, 3.05) is 21.7 Å². The van der Waals surface area contributed by atoms with Crippen LogP contribution in [0.25, 0.3) is 22.5 Å². The second kappa shape index (κ2) is 17.5. The molecule has 0 saturated carbocycles. The lowest BCUT2D eigenvalue weighted by atomic mass is 10.1. The Morgan fingerprint density at radius 1 is 0.667 bits per heavy atom. The summed E-state index contributed by atoms with van der Waals surface area (Å²) in [5, 5.41) is 9.96. The van der Waals surface area contributed by atoms with Gasteiger partial charge in [-0.05, 0) is 60.7 Å². The topological polar surface area (TPSA) is 148 Å². The van der Waals surface area contributed by atoms with Crippen molar-refractivity contribution in [3.05, 3.63) is 135 Å². The molecule has 2 amide bonds. The summed E-state index contributed by atoms with van der Waals surface area (Å²) in [6.07, 6.45) is 3.73. The fourth-order valence-electron chi connectivity index (χ4n) is 5.07. The second-order valence-electron chi connectivity index (χ2n) is 10.8. The molecule has 5 N–H and O–H groups in total. The minimum Gasteiger partial charge on any atom is -0.368 e. The van der Waals surface area contributed by atoms with Crippen molar-refractivity contribution in [2.24, 2.45) is 0 Å². The molecule has 0 aliphatic carbocycles. The maximum Gasteiger partial charge on any atom is 0.228 e. The predicted molar refractivity (Wildman–Crippen MR) is 211 cm³/mol. The smallest absolute Gasteiger partial charge is 0.228 e. The van der Waals surface area contributed by atoms with E-state index in [9.17, 15) is 9.59 Å². The molecule has 0 radical (unpaired) electrons. The highest BCUT2D eigenvalue weighted by Gasteiger charge is 2.22. The van der Waals surface area contributed by atoms with Crippen LogP contribution in [-0.4, -0.2) is 31.8 Å². The molecule has 2 aromatic heterocycles. The predicted octanol–water partition coefficient (Wildman–Crippen LogP) is 9.63. The Morgan fingerprint density at radius 2 is 1.16 bits per heavy atom. The number of carbonyl (C=O) groups is 2. The average Bonchev–Trinajstić information content (AvgIpc) is 3.30. The van der Waals surface area contributed by atoms with Gasteiger partial charge in [0.05, 0.1) is 35.6 Å². The maximum atomic E-state index is 12.1. The number of fused-ring (bicyclic) bond motifs is 6. The maximum absolute atomic E-state index is 12.1. The van der Waals surface area contributed by atoms with Gasteiger partial charge in [0.25, 0.3) is 0 Å². The van der Waals surface area contributed by atoms with Gasteiger partial charge in [-0.25, -0.2) is 19.9 Å². The monoisotopic (exact) mass is 784 g/mol. The van der Waals surface area contributed by atoms with Crippen LogP contribution in [0, 0.1) is 0 Å². The Morgan fingerprint density at radius 3 is 1.67 bits per heavy atom. The number of para-hydroxylation sites is 1. The number of nitrogens with two attached hydrogens (primary N) is 1. The van der Waals surface area contributed by atoms with Gasteiger partial charge in [-0.15, -0.1) is 0 Å². The van der Waals surface area contributed by atoms with Crippen LogP contribution in [0.15, 0.2) is 114 Å². The molecule has 2 aliphatic rings. The first-order chi connectivity index (χ1) is 23.7. The molecule has 13 heteroatoms. The molecular weight excluding hydrogens is 751 g/mol. The third kappa shape index (κ3) is 9.88. The molecule has 4 aromatic carbocycles. The number of nitrogens with zero attached hydrogens (tertiary/aromatic N) is 4. The van der Waals surface area contributed by atoms with Gasteiger partial charge in [0.1, 0.15) is 0 Å². The van der Waals surface area contributed by atoms with E-state index in [4.69, 9.17) is 28.9 Å². The van der Waals surface area contributed by atoms with E-state index in [-0.39, 0.29) is 45.5 Å². The molecule has 51 heavy (non-hydrogen) atoms. The second-order valence-corrected chi connectivity index (χ2v) is 12.6. The van der Waals surface area contributed by atoms with Crippen molar-refractivity contribution in [2.45, 2.75) is 27.7 Å². The van der Waals surface area contributed by atoms with Gasteiger partial charge in [0.15, 0.2) is 0 Å². The molecule has 0 saturated heterocycles. The largest absolute Gasteiger partial charge is 0.368 e. The highest BCUT2D eigenvalue weighted by Crippen LogP contribution is 2.36. The number of carbonyl (C=O) groups excluding carboxylic acids is 2. The van der Waals surface area contributed by atoms with E-state index in [1.54, 1.807) is 36.7 Å². The number of hydrogen-bond acceptors (Lipinski definition) is 8. The fraction of sp³-hybridized carbons (Fsp3) is 0.105. The summed E-state index contributed by atoms with van der Waals surface area (Å²) in [6, 6.07) is 30.3. The molecule has 6 aromatic rings. The SMILES string of the molecule is Brc1ccccc1.C.C.Nc1ncc2c(n1)-c1ccc(Cl)cc1NC(=O)C2.O=C1Cc2cnc(Nc3ccccc3)nc2-c2ccc(Cl)cc2N1. The van der Waals surface area contributed by atoms with Crippen molar-refractivity contribution < 1.29 is 9.59 Å². The summed E-state index contributed by atoms with van der Waals surface area (Å²) in [5.41, 5.74) is 12.4. The molecule has 0 bridgehead atoms. The number of rotatable bonds is 2. The van der Waals surface area contributed by atoms with E-state index >= 15 is 0 Å². The zero-order valence-corrected chi connectivity index (χ0v) is 28.7. The Balaban J connectivity index is 0.000000191. The molecular formula is C38H35BrCl2N8O2. The third-order valence-electron chi connectivity index (χ3n) is 7.23. The lowest BCUT2D eigenvalue weighted by Gasteiger charge is -2.10. The molecule has 260 valence electrons. The van der Waals surface area contributed by atoms with Crippen LogP contribution >= 0.6 is 39.1 Å². The number of aromatic nitrogens is 4. The number of halogens is 3. The minimum atomic E-state index is -0.120. The van der Waals surface area contributed by atoms with Crippen molar-refractivity contribution in [1.82, 2.24) is 19.9 Å². The highest BCUT2D eigenvalue weighted by atomic mass is 79.9. The number of nitrogens with one attached hydrogen (secondary N) is 3. The number of nitrogen functional groups attached to an aromatic ring is 1. The van der Waals surface area contributed by atoms with Gasteiger partial charge < -0.3 is 21.7 Å². The van der Waals surface area contributed by atoms with Crippen LogP contribution in [0.3, 0.4) is 0 Å². The Kier molecular flexibility index (Phi) is 13.2. The van der Waals surface area contributed by atoms with Crippen LogP contribution in [0.2, 0.25) is 10.0 Å². The van der Waals surface area contributed by atoms with Crippen LogP contribution in [-0.2, 0) is 22.4 Å². The van der Waals surface area contributed by atoms with Gasteiger partial charge in [-0.1, -0.05) is 90.4 Å². The van der Waals surface area contributed by atoms with Crippen LogP contribution in [0.1, 0.15) is 26.0 Å². The number of anilines is 5. The molecule has 10 nitrogen and oxygen atoms in total. The van der Waals surface area contributed by atoms with Crippen molar-refractivity contribution in [3.63, 3.8) is 0 Å². The normalized spacial score (nSPS) is 11.8. The number of benzene rings is 4. The van der Waals surface area contributed by atoms with E-state index in [1.807, 2.05) is 72.8 Å². The fourth-order valence-corrected chi connectivity index (χ4v) is 5.71. The van der Waals surface area contributed by atoms with E-state index in [0.29, 0.717) is 33.1 Å². The van der Waals surface area contributed by atoms with E-state index in [1.165, 1.54) is 0 Å². The van der Waals surface area contributed by atoms with Crippen molar-refractivity contribution in [1.29, 1.82) is 0 Å². The van der Waals surface area contributed by atoms with Crippen molar-refractivity contribution in [3.8, 4) is 22.5 Å². The summed E-state index contributed by atoms with van der Waals surface area (Å²) in [6.45, 7) is 0. The summed E-state index contributed by atoms with van der Waals surface area (Å²) in [4.78, 5) is 40.9. The van der Waals surface area contributed by atoms with E-state index < -0.39 is 0 Å². The molecule has 0 fully saturated rings. The summed E-state index contributed by atoms with van der Waals surface area (Å²) in [7, 11) is 0. The number of hydrogen-bond donors (Lipinski definition) is 4. The molecule has 0 atom stereocenters. The van der Waals surface area contributed by atoms with Crippen LogP contribution in [0.5, 0.6) is 0 Å². The first kappa shape index (κ1) is 38.4. The summed E-state index contributed by atoms with van der Waals surface area (Å²) >= 11 is 15.3. The van der Waals surface area contributed by atoms with E-state index in [2.05, 4.69) is 51.8 Å². The lowest BCUT2D eigenvalue weighted by molar-refractivity contribution is -0.116. The first-order valence-corrected chi connectivity index (χ1v) is 16.5. The van der Waals surface area contributed by atoms with Gasteiger partial charge in [0, 0.05) is 54.9 Å². The van der Waals surface area contributed by atoms with Gasteiger partial charge in [-0.2, -0.15) is 0 Å². The Hall–Kier alpha value is -5.36. The number of amides is 2. The van der Waals surface area contributed by atoms with Crippen molar-refractivity contribution >= 4 is 79.9 Å². The quantitative estimate of drug-likeness (QED) is 0.136. The molecule has 0 unspecified atom stereocenters. The molecule has 8 rings (SSSR count). The zero-order chi connectivity index (χ0) is 34.3. The Bertz CT molecular complexity index is 2150. The van der Waals surface area contributed by atoms with Gasteiger partial charge >= 0.3 is 0 Å². The van der Waals surface area contributed by atoms with Gasteiger partial charge in [-0.3, -0.25) is 9.59 Å². The Labute approximate surface area is 315 Å². The molecule has 2 aliphatic heterocycles. The van der Waals surface area contributed by atoms with Crippen LogP contribution < -0.4 is 21.7 Å². The average molecular weight is 787 g/mol. The standard InChI is InChI=1S/C18H13ClN4O.C12H9ClN4O.C6H5Br.2CH4/c19-12-6-7-14-15(9-12)22-16(24)8-11-10-20-18(23-17(11)14)21-13-4-2-1-3-5-13;13-7-1-2-8-9(4-7)16-10(18)3-6-5-15-12(14)17-11(6)8;7-6-4-2-1-3-5-6;;/h1-7,9-10H,8H2,(H,22,24)(H,20,21,23);1-2,4-5H,3H2,(H,16,18)(H2,14,15,17);1-5H;2*1H4. The van der Waals surface area contributed by atoms with E-state index in [0.717, 1.165) is 38.1 Å². The molecule has 4 heterocycles. The summed E-state index contributed by atoms with van der Waals surface area (Å²) < 4.78 is 1.13. The van der Waals surface area contributed by atoms with Crippen LogP contribution in [0.4, 0.5) is 29.0 Å². The third-order valence-corrected chi connectivity index (χ3v) is 8.23. The minimum absolute atomic E-state index is 0. The zero-order valence-electron chi connectivity index (χ0n) is 25.6. The molecule has 0 spiro atoms. The highest BCUT2D eigenvalue weighted by molar-refractivity contribution is 9.10. The van der Waals surface area contributed by atoms with Gasteiger partial charge in [0.2, 0.25) is 23.7 Å². The summed E-state index contributed by atoms with van der Waals surface area (Å²) in [5.74, 6) is 0.439. The first-order valence-electron chi connectivity index (χ1n) is 14.9. The lowest BCUT2D eigenvalue weighted by Crippen LogP contribution is -2.12.